The summed E-state index contributed by atoms with van der Waals surface area (Å²) in [5.74, 6) is 9.42. The Morgan fingerprint density at radius 1 is 0.250 bits per heavy atom. The van der Waals surface area contributed by atoms with Gasteiger partial charge in [0.25, 0.3) is 0 Å². The molecule has 0 saturated heterocycles. The van der Waals surface area contributed by atoms with Gasteiger partial charge in [-0.3, -0.25) is 0 Å². The molecule has 0 spiro atoms. The Morgan fingerprint density at radius 2 is 0.325 bits per heavy atom. The molecule has 0 heterocycles. The molecular formula is C40H92. The lowest BCUT2D eigenvalue weighted by atomic mass is 9.56. The molecule has 0 aromatic carbocycles. The average molecular weight is 573 g/mol. The fourth-order valence-electron chi connectivity index (χ4n) is 7.97. The van der Waals surface area contributed by atoms with E-state index in [1.54, 1.807) is 77.0 Å². The van der Waals surface area contributed by atoms with Crippen LogP contribution in [-0.2, 0) is 0 Å². The third-order valence-corrected chi connectivity index (χ3v) is 9.00. The normalized spacial score (nSPS) is 30.9. The molecule has 0 nitrogen and oxygen atoms in total. The largest absolute Gasteiger partial charge is 0.0776 e. The van der Waals surface area contributed by atoms with Gasteiger partial charge in [0, 0.05) is 0 Å². The van der Waals surface area contributed by atoms with E-state index in [9.17, 15) is 0 Å². The maximum absolute atomic E-state index is 2.18. The van der Waals surface area contributed by atoms with E-state index in [1.807, 2.05) is 55.4 Å². The summed E-state index contributed by atoms with van der Waals surface area (Å²) in [6.45, 7) is 24.7. The van der Waals surface area contributed by atoms with E-state index in [1.165, 1.54) is 73.0 Å². The summed E-state index contributed by atoms with van der Waals surface area (Å²) in [6, 6.07) is 0. The standard InChI is InChI=1S/2C10H16.2C4H10.4C2H6.4CH4/c2*1-7-2-9-4-8(1)5-10(3-7)6-9;2*1-3-4-2;4*1-2;;;;/h2*7-10H,1-6H2;2*3-4H2,1-2H3;4*1-2H3;4*1H4. The van der Waals surface area contributed by atoms with Gasteiger partial charge in [-0.2, -0.15) is 0 Å². The van der Waals surface area contributed by atoms with Crippen molar-refractivity contribution < 1.29 is 0 Å². The zero-order chi connectivity index (χ0) is 27.9. The molecule has 0 amide bonds. The van der Waals surface area contributed by atoms with Crippen molar-refractivity contribution in [3.63, 3.8) is 0 Å². The fraction of sp³-hybridized carbons (Fsp3) is 1.00. The Hall–Kier alpha value is 0. The van der Waals surface area contributed by atoms with E-state index in [-0.39, 0.29) is 29.7 Å². The molecule has 8 aliphatic carbocycles. The van der Waals surface area contributed by atoms with Crippen LogP contribution in [0.4, 0.5) is 0 Å². The van der Waals surface area contributed by atoms with Crippen LogP contribution in [0.3, 0.4) is 0 Å². The van der Waals surface area contributed by atoms with E-state index in [0.29, 0.717) is 0 Å². The molecule has 8 bridgehead atoms. The maximum Gasteiger partial charge on any atom is -0.0406 e. The summed E-state index contributed by atoms with van der Waals surface area (Å²) in [5, 5.41) is 0. The number of rotatable bonds is 2. The van der Waals surface area contributed by atoms with Gasteiger partial charge in [-0.15, -0.1) is 0 Å². The summed E-state index contributed by atoms with van der Waals surface area (Å²) < 4.78 is 0. The molecule has 0 N–H and O–H groups in total. The topological polar surface area (TPSA) is 0 Å². The van der Waals surface area contributed by atoms with E-state index in [4.69, 9.17) is 0 Å². The van der Waals surface area contributed by atoms with Crippen LogP contribution < -0.4 is 0 Å². The molecule has 0 aromatic rings. The lowest BCUT2D eigenvalue weighted by molar-refractivity contribution is 0.0197. The van der Waals surface area contributed by atoms with Crippen LogP contribution in [0.1, 0.15) is 216 Å². The van der Waals surface area contributed by atoms with Crippen LogP contribution in [-0.4, -0.2) is 0 Å². The smallest absolute Gasteiger partial charge is 0.0406 e. The Balaban J connectivity index is -0.0000000911. The molecule has 8 fully saturated rings. The third kappa shape index (κ3) is 20.8. The quantitative estimate of drug-likeness (QED) is 0.308. The van der Waals surface area contributed by atoms with Crippen molar-refractivity contribution in [2.24, 2.45) is 47.3 Å². The highest BCUT2D eigenvalue weighted by atomic mass is 14.5. The van der Waals surface area contributed by atoms with Gasteiger partial charge in [0.2, 0.25) is 0 Å². The van der Waals surface area contributed by atoms with Crippen LogP contribution in [0, 0.1) is 47.3 Å². The molecule has 0 unspecified atom stereocenters. The molecule has 8 saturated carbocycles. The molecule has 252 valence electrons. The Morgan fingerprint density at radius 3 is 0.375 bits per heavy atom. The molecule has 0 aromatic heterocycles. The van der Waals surface area contributed by atoms with Gasteiger partial charge in [-0.05, 0) is 124 Å². The van der Waals surface area contributed by atoms with Crippen molar-refractivity contribution >= 4 is 0 Å². The highest BCUT2D eigenvalue weighted by molar-refractivity contribution is 4.93. The molecule has 40 heavy (non-hydrogen) atoms. The third-order valence-electron chi connectivity index (χ3n) is 9.00. The van der Waals surface area contributed by atoms with Crippen LogP contribution in [0.5, 0.6) is 0 Å². The van der Waals surface area contributed by atoms with Crippen molar-refractivity contribution in [2.75, 3.05) is 0 Å². The second-order valence-corrected chi connectivity index (χ2v) is 11.8. The van der Waals surface area contributed by atoms with Crippen LogP contribution in [0.15, 0.2) is 0 Å². The predicted molar refractivity (Wildman–Crippen MR) is 197 cm³/mol. The molecule has 0 radical (unpaired) electrons. The molecule has 8 rings (SSSR count). The second kappa shape index (κ2) is 35.2. The minimum atomic E-state index is 0. The summed E-state index contributed by atoms with van der Waals surface area (Å²) in [7, 11) is 0. The molecule has 0 heteroatoms. The van der Waals surface area contributed by atoms with Crippen molar-refractivity contribution in [3.8, 4) is 0 Å². The van der Waals surface area contributed by atoms with Crippen LogP contribution in [0.2, 0.25) is 0 Å². The first-order valence-corrected chi connectivity index (χ1v) is 17.6. The Labute approximate surface area is 262 Å². The number of unbranched alkanes of at least 4 members (excludes halogenated alkanes) is 2. The van der Waals surface area contributed by atoms with E-state index in [0.717, 1.165) is 0 Å². The number of hydrogen-bond acceptors (Lipinski definition) is 0. The average Bonchev–Trinajstić information content (AvgIpc) is 2.92. The second-order valence-electron chi connectivity index (χ2n) is 11.8. The van der Waals surface area contributed by atoms with Gasteiger partial charge in [0.15, 0.2) is 0 Å². The Bertz CT molecular complexity index is 265. The SMILES string of the molecule is C.C.C.C.C1C2CC3CC1CC(C2)C3.C1C2CC3CC1CC(C2)C3.CC.CC.CC.CC.CCCC.CCCC. The van der Waals surface area contributed by atoms with Gasteiger partial charge in [0.1, 0.15) is 0 Å². The summed E-state index contributed by atoms with van der Waals surface area (Å²) in [6.07, 6.45) is 24.5. The van der Waals surface area contributed by atoms with Gasteiger partial charge >= 0.3 is 0 Å². The van der Waals surface area contributed by atoms with Gasteiger partial charge < -0.3 is 0 Å². The van der Waals surface area contributed by atoms with Gasteiger partial charge in [-0.25, -0.2) is 0 Å². The van der Waals surface area contributed by atoms with Crippen molar-refractivity contribution in [2.45, 2.75) is 216 Å². The van der Waals surface area contributed by atoms with Crippen LogP contribution >= 0.6 is 0 Å². The first-order valence-electron chi connectivity index (χ1n) is 17.6. The highest BCUT2D eigenvalue weighted by Crippen LogP contribution is 2.54. The first kappa shape index (κ1) is 52.6. The monoisotopic (exact) mass is 573 g/mol. The lowest BCUT2D eigenvalue weighted by Gasteiger charge is -2.49. The minimum absolute atomic E-state index is 0. The van der Waals surface area contributed by atoms with Crippen molar-refractivity contribution in [3.05, 3.63) is 0 Å². The minimum Gasteiger partial charge on any atom is -0.0776 e. The summed E-state index contributed by atoms with van der Waals surface area (Å²) in [4.78, 5) is 0. The van der Waals surface area contributed by atoms with Gasteiger partial charge in [-0.1, -0.05) is 138 Å². The van der Waals surface area contributed by atoms with Crippen LogP contribution in [0.25, 0.3) is 0 Å². The van der Waals surface area contributed by atoms with Crippen molar-refractivity contribution in [1.82, 2.24) is 0 Å². The lowest BCUT2D eigenvalue weighted by Crippen LogP contribution is -2.38. The van der Waals surface area contributed by atoms with E-state index >= 15 is 0 Å². The first-order chi connectivity index (χ1) is 17.6. The highest BCUT2D eigenvalue weighted by Gasteiger charge is 2.42. The fourth-order valence-corrected chi connectivity index (χ4v) is 7.97. The van der Waals surface area contributed by atoms with Gasteiger partial charge in [0.05, 0.1) is 0 Å². The van der Waals surface area contributed by atoms with E-state index < -0.39 is 0 Å². The molecule has 8 aliphatic rings. The predicted octanol–water partition coefficient (Wildman–Crippen LogP) is 15.9. The molecular weight excluding hydrogens is 480 g/mol. The number of hydrogen-bond donors (Lipinski definition) is 0. The molecule has 0 aliphatic heterocycles. The summed E-state index contributed by atoms with van der Waals surface area (Å²) in [5.41, 5.74) is 0. The van der Waals surface area contributed by atoms with Crippen molar-refractivity contribution in [1.29, 1.82) is 0 Å². The Kier molecular flexibility index (Phi) is 46.3. The zero-order valence-corrected chi connectivity index (χ0v) is 27.9. The van der Waals surface area contributed by atoms with E-state index in [2.05, 4.69) is 27.7 Å². The molecule has 0 atom stereocenters. The summed E-state index contributed by atoms with van der Waals surface area (Å²) >= 11 is 0. The maximum atomic E-state index is 2.18. The zero-order valence-electron chi connectivity index (χ0n) is 27.9.